The maximum atomic E-state index is 11.1. The van der Waals surface area contributed by atoms with Gasteiger partial charge in [0, 0.05) is 18.1 Å². The van der Waals surface area contributed by atoms with Crippen LogP contribution in [-0.2, 0) is 0 Å². The van der Waals surface area contributed by atoms with E-state index in [1.165, 1.54) is 6.33 Å². The highest BCUT2D eigenvalue weighted by Crippen LogP contribution is 2.18. The van der Waals surface area contributed by atoms with Crippen molar-refractivity contribution in [2.45, 2.75) is 6.92 Å². The van der Waals surface area contributed by atoms with Gasteiger partial charge in [-0.3, -0.25) is 14.4 Å². The first-order chi connectivity index (χ1) is 9.16. The van der Waals surface area contributed by atoms with Crippen molar-refractivity contribution in [3.63, 3.8) is 0 Å². The Kier molecular flexibility index (Phi) is 2.45. The van der Waals surface area contributed by atoms with E-state index >= 15 is 0 Å². The maximum Gasteiger partial charge on any atom is 0.358 e. The maximum absolute atomic E-state index is 11.1. The molecule has 0 spiro atoms. The molecule has 0 bridgehead atoms. The van der Waals surface area contributed by atoms with E-state index in [1.807, 2.05) is 13.0 Å². The van der Waals surface area contributed by atoms with Crippen LogP contribution < -0.4 is 0 Å². The van der Waals surface area contributed by atoms with E-state index in [0.29, 0.717) is 17.0 Å². The lowest BCUT2D eigenvalue weighted by Crippen LogP contribution is -2.02. The Bertz CT molecular complexity index is 766. The van der Waals surface area contributed by atoms with Crippen molar-refractivity contribution in [3.8, 4) is 11.4 Å². The van der Waals surface area contributed by atoms with Gasteiger partial charge in [0.25, 0.3) is 0 Å². The van der Waals surface area contributed by atoms with Crippen LogP contribution in [0.3, 0.4) is 0 Å². The molecule has 19 heavy (non-hydrogen) atoms. The Hall–Kier alpha value is -2.83. The van der Waals surface area contributed by atoms with Gasteiger partial charge >= 0.3 is 5.97 Å². The lowest BCUT2D eigenvalue weighted by molar-refractivity contribution is 0.0693. The van der Waals surface area contributed by atoms with Crippen LogP contribution in [0.25, 0.3) is 17.0 Å². The molecule has 0 saturated carbocycles. The Balaban J connectivity index is 2.28. The van der Waals surface area contributed by atoms with Gasteiger partial charge in [0.2, 0.25) is 0 Å². The average Bonchev–Trinajstić information content (AvgIpc) is 2.84. The minimum absolute atomic E-state index is 0.0751. The zero-order valence-corrected chi connectivity index (χ0v) is 9.98. The van der Waals surface area contributed by atoms with Gasteiger partial charge in [-0.15, -0.1) is 0 Å². The van der Waals surface area contributed by atoms with Gasteiger partial charge in [0.15, 0.2) is 11.3 Å². The minimum Gasteiger partial charge on any atom is -0.476 e. The Morgan fingerprint density at radius 2 is 2.11 bits per heavy atom. The number of aryl methyl sites for hydroxylation is 1. The van der Waals surface area contributed by atoms with E-state index in [0.717, 1.165) is 5.69 Å². The molecule has 0 aromatic carbocycles. The first-order valence-corrected chi connectivity index (χ1v) is 5.51. The number of hydrogen-bond donors (Lipinski definition) is 1. The molecule has 0 radical (unpaired) electrons. The van der Waals surface area contributed by atoms with Gasteiger partial charge < -0.3 is 5.11 Å². The second-order valence-electron chi connectivity index (χ2n) is 3.97. The summed E-state index contributed by atoms with van der Waals surface area (Å²) in [6, 6.07) is 1.81. The molecule has 0 unspecified atom stereocenters. The molecule has 0 atom stereocenters. The second kappa shape index (κ2) is 4.13. The summed E-state index contributed by atoms with van der Waals surface area (Å²) >= 11 is 0. The smallest absolute Gasteiger partial charge is 0.358 e. The summed E-state index contributed by atoms with van der Waals surface area (Å²) in [6.45, 7) is 1.85. The number of aromatic nitrogens is 5. The summed E-state index contributed by atoms with van der Waals surface area (Å²) in [7, 11) is 0. The van der Waals surface area contributed by atoms with Crippen molar-refractivity contribution in [3.05, 3.63) is 42.4 Å². The monoisotopic (exact) mass is 255 g/mol. The highest BCUT2D eigenvalue weighted by Gasteiger charge is 2.16. The number of fused-ring (bicyclic) bond motifs is 1. The highest BCUT2D eigenvalue weighted by molar-refractivity contribution is 5.92. The van der Waals surface area contributed by atoms with Crippen molar-refractivity contribution in [1.82, 2.24) is 24.3 Å². The van der Waals surface area contributed by atoms with E-state index in [1.54, 1.807) is 23.0 Å². The fraction of sp³-hybridized carbons (Fsp3) is 0.0833. The zero-order valence-electron chi connectivity index (χ0n) is 9.98. The quantitative estimate of drug-likeness (QED) is 0.739. The molecule has 3 rings (SSSR count). The third-order valence-electron chi connectivity index (χ3n) is 2.72. The van der Waals surface area contributed by atoms with Crippen molar-refractivity contribution >= 4 is 11.6 Å². The molecule has 1 N–H and O–H groups in total. The van der Waals surface area contributed by atoms with E-state index in [-0.39, 0.29) is 5.69 Å². The molecule has 7 nitrogen and oxygen atoms in total. The van der Waals surface area contributed by atoms with Crippen LogP contribution in [0.2, 0.25) is 0 Å². The predicted octanol–water partition coefficient (Wildman–Crippen LogP) is 1.19. The van der Waals surface area contributed by atoms with Gasteiger partial charge in [-0.25, -0.2) is 14.8 Å². The number of aromatic carboxylic acids is 1. The topological polar surface area (TPSA) is 93.3 Å². The molecule has 0 aliphatic carbocycles. The summed E-state index contributed by atoms with van der Waals surface area (Å²) in [5.74, 6) is -1.11. The van der Waals surface area contributed by atoms with Crippen LogP contribution in [0, 0.1) is 6.92 Å². The van der Waals surface area contributed by atoms with Crippen LogP contribution in [0.15, 0.2) is 31.0 Å². The van der Waals surface area contributed by atoms with Crippen LogP contribution in [0.4, 0.5) is 0 Å². The molecule has 3 heterocycles. The molecule has 0 saturated heterocycles. The number of hydrogen-bond acceptors (Lipinski definition) is 5. The van der Waals surface area contributed by atoms with Gasteiger partial charge in [0.05, 0.1) is 11.9 Å². The number of carboxylic acid groups (broad SMARTS) is 1. The molecule has 0 aliphatic heterocycles. The predicted molar refractivity (Wildman–Crippen MR) is 65.7 cm³/mol. The van der Waals surface area contributed by atoms with Gasteiger partial charge in [0.1, 0.15) is 12.0 Å². The lowest BCUT2D eigenvalue weighted by Gasteiger charge is -2.04. The first kappa shape index (κ1) is 11.3. The summed E-state index contributed by atoms with van der Waals surface area (Å²) < 4.78 is 1.63. The van der Waals surface area contributed by atoms with Crippen LogP contribution in [0.5, 0.6) is 0 Å². The van der Waals surface area contributed by atoms with Crippen LogP contribution in [-0.4, -0.2) is 35.4 Å². The molecule has 3 aromatic rings. The fourth-order valence-corrected chi connectivity index (χ4v) is 1.83. The number of rotatable bonds is 2. The Morgan fingerprint density at radius 1 is 1.26 bits per heavy atom. The van der Waals surface area contributed by atoms with Crippen molar-refractivity contribution < 1.29 is 9.90 Å². The van der Waals surface area contributed by atoms with Crippen LogP contribution >= 0.6 is 0 Å². The minimum atomic E-state index is -1.11. The highest BCUT2D eigenvalue weighted by atomic mass is 16.4. The number of carboxylic acids is 1. The summed E-state index contributed by atoms with van der Waals surface area (Å²) in [4.78, 5) is 27.4. The number of imidazole rings is 1. The normalized spacial score (nSPS) is 10.8. The standard InChI is InChI=1S/C12H9N5O2/c1-7-4-8(9-5-13-2-3-14-9)16-11-10(12(18)19)15-6-17(7)11/h2-6H,1H3,(H,18,19). The third kappa shape index (κ3) is 1.81. The van der Waals surface area contributed by atoms with Crippen LogP contribution in [0.1, 0.15) is 16.2 Å². The second-order valence-corrected chi connectivity index (χ2v) is 3.97. The molecule has 7 heteroatoms. The Morgan fingerprint density at radius 3 is 2.79 bits per heavy atom. The third-order valence-corrected chi connectivity index (χ3v) is 2.72. The fourth-order valence-electron chi connectivity index (χ4n) is 1.83. The zero-order chi connectivity index (χ0) is 13.4. The van der Waals surface area contributed by atoms with Crippen molar-refractivity contribution in [2.24, 2.45) is 0 Å². The molecular weight excluding hydrogens is 246 g/mol. The van der Waals surface area contributed by atoms with Gasteiger partial charge in [-0.05, 0) is 13.0 Å². The molecule has 3 aromatic heterocycles. The van der Waals surface area contributed by atoms with E-state index in [4.69, 9.17) is 5.11 Å². The van der Waals surface area contributed by atoms with Crippen molar-refractivity contribution in [1.29, 1.82) is 0 Å². The van der Waals surface area contributed by atoms with E-state index in [2.05, 4.69) is 19.9 Å². The van der Waals surface area contributed by atoms with Gasteiger partial charge in [-0.2, -0.15) is 0 Å². The molecule has 0 aliphatic rings. The SMILES string of the molecule is Cc1cc(-c2cnccn2)nc2c(C(=O)O)ncn12. The summed E-state index contributed by atoms with van der Waals surface area (Å²) in [5.41, 5.74) is 2.21. The molecule has 94 valence electrons. The lowest BCUT2D eigenvalue weighted by atomic mass is 10.2. The number of carbonyl (C=O) groups is 1. The molecule has 0 fully saturated rings. The first-order valence-electron chi connectivity index (χ1n) is 5.51. The summed E-state index contributed by atoms with van der Waals surface area (Å²) in [5, 5.41) is 9.08. The Labute approximate surface area is 107 Å². The largest absolute Gasteiger partial charge is 0.476 e. The summed E-state index contributed by atoms with van der Waals surface area (Å²) in [6.07, 6.45) is 6.15. The molecule has 0 amide bonds. The van der Waals surface area contributed by atoms with Crippen molar-refractivity contribution in [2.75, 3.05) is 0 Å². The number of nitrogens with zero attached hydrogens (tertiary/aromatic N) is 5. The average molecular weight is 255 g/mol. The van der Waals surface area contributed by atoms with Gasteiger partial charge in [-0.1, -0.05) is 0 Å². The molecular formula is C12H9N5O2. The van der Waals surface area contributed by atoms with E-state index < -0.39 is 5.97 Å². The van der Waals surface area contributed by atoms with E-state index in [9.17, 15) is 4.79 Å².